The molecule has 0 saturated carbocycles. The van der Waals surface area contributed by atoms with E-state index in [2.05, 4.69) is 13.2 Å². The van der Waals surface area contributed by atoms with Crippen molar-refractivity contribution in [1.29, 1.82) is 0 Å². The largest absolute Gasteiger partial charge is 0.460 e. The van der Waals surface area contributed by atoms with E-state index in [1.807, 2.05) is 12.1 Å². The topological polar surface area (TPSA) is 88.1 Å². The summed E-state index contributed by atoms with van der Waals surface area (Å²) in [5.74, 6) is -0.975. The fourth-order valence-electron chi connectivity index (χ4n) is 2.40. The van der Waals surface area contributed by atoms with Crippen LogP contribution in [-0.4, -0.2) is 44.3 Å². The Hall–Kier alpha value is -3.71. The van der Waals surface area contributed by atoms with Crippen molar-refractivity contribution in [3.63, 3.8) is 0 Å². The van der Waals surface area contributed by atoms with Crippen molar-refractivity contribution in [3.05, 3.63) is 78.4 Å². The molecule has 0 aliphatic carbocycles. The summed E-state index contributed by atoms with van der Waals surface area (Å²) in [7, 11) is 0. The summed E-state index contributed by atoms with van der Waals surface area (Å²) in [6.45, 7) is 10.8. The van der Waals surface area contributed by atoms with Gasteiger partial charge in [0, 0.05) is 11.1 Å². The number of benzene rings is 2. The van der Waals surface area contributed by atoms with Gasteiger partial charge in [0.2, 0.25) is 0 Å². The molecule has 2 rings (SSSR count). The van der Waals surface area contributed by atoms with E-state index in [4.69, 9.17) is 18.9 Å². The number of rotatable bonds is 11. The molecule has 0 heterocycles. The average Bonchev–Trinajstić information content (AvgIpc) is 2.78. The maximum atomic E-state index is 12.1. The van der Waals surface area contributed by atoms with Gasteiger partial charge in [-0.2, -0.15) is 0 Å². The molecule has 0 unspecified atom stereocenters. The Morgan fingerprint density at radius 2 is 1.19 bits per heavy atom. The van der Waals surface area contributed by atoms with Crippen LogP contribution in [0.3, 0.4) is 0 Å². The number of carbonyl (C=O) groups is 3. The molecule has 2 aromatic rings. The van der Waals surface area contributed by atoms with Gasteiger partial charge < -0.3 is 18.9 Å². The van der Waals surface area contributed by atoms with Crippen molar-refractivity contribution in [1.82, 2.24) is 0 Å². The highest BCUT2D eigenvalue weighted by Gasteiger charge is 2.09. The molecule has 0 aliphatic rings. The lowest BCUT2D eigenvalue weighted by molar-refractivity contribution is -0.140. The molecule has 0 amide bonds. The highest BCUT2D eigenvalue weighted by atomic mass is 16.6. The Labute approximate surface area is 187 Å². The quantitative estimate of drug-likeness (QED) is 0.226. The van der Waals surface area contributed by atoms with Crippen LogP contribution in [0.1, 0.15) is 24.2 Å². The SMILES string of the molecule is C=C(C)C(=O)OCCOCCOC(=O)c1ccc(-c2ccc(OC(=O)C(=C)C)cc2)cc1. The van der Waals surface area contributed by atoms with Crippen LogP contribution in [0, 0.1) is 0 Å². The lowest BCUT2D eigenvalue weighted by Crippen LogP contribution is -2.14. The number of hydrogen-bond donors (Lipinski definition) is 0. The number of carbonyl (C=O) groups excluding carboxylic acids is 3. The molecule has 0 N–H and O–H groups in total. The summed E-state index contributed by atoms with van der Waals surface area (Å²) < 4.78 is 20.5. The molecular formula is C25H26O7. The summed E-state index contributed by atoms with van der Waals surface area (Å²) >= 11 is 0. The molecule has 0 aromatic heterocycles. The minimum atomic E-state index is -0.475. The zero-order chi connectivity index (χ0) is 23.5. The van der Waals surface area contributed by atoms with Gasteiger partial charge in [-0.05, 0) is 49.2 Å². The van der Waals surface area contributed by atoms with Crippen molar-refractivity contribution < 1.29 is 33.3 Å². The molecule has 0 spiro atoms. The Balaban J connectivity index is 1.76. The molecular weight excluding hydrogens is 412 g/mol. The molecule has 0 saturated heterocycles. The van der Waals surface area contributed by atoms with E-state index in [0.717, 1.165) is 11.1 Å². The minimum absolute atomic E-state index is 0.0827. The Kier molecular flexibility index (Phi) is 9.38. The molecule has 168 valence electrons. The summed E-state index contributed by atoms with van der Waals surface area (Å²) in [4.78, 5) is 34.9. The second kappa shape index (κ2) is 12.2. The van der Waals surface area contributed by atoms with Crippen LogP contribution in [0.25, 0.3) is 11.1 Å². The number of hydrogen-bond acceptors (Lipinski definition) is 7. The second-order valence-electron chi connectivity index (χ2n) is 6.94. The van der Waals surface area contributed by atoms with E-state index < -0.39 is 17.9 Å². The van der Waals surface area contributed by atoms with E-state index in [1.54, 1.807) is 50.2 Å². The van der Waals surface area contributed by atoms with Crippen molar-refractivity contribution in [2.75, 3.05) is 26.4 Å². The first kappa shape index (κ1) is 24.6. The molecule has 0 atom stereocenters. The van der Waals surface area contributed by atoms with Crippen molar-refractivity contribution in [2.24, 2.45) is 0 Å². The smallest absolute Gasteiger partial charge is 0.338 e. The zero-order valence-electron chi connectivity index (χ0n) is 18.2. The van der Waals surface area contributed by atoms with Gasteiger partial charge in [-0.1, -0.05) is 37.4 Å². The van der Waals surface area contributed by atoms with Gasteiger partial charge in [0.1, 0.15) is 19.0 Å². The maximum absolute atomic E-state index is 12.1. The first-order valence-corrected chi connectivity index (χ1v) is 9.93. The molecule has 0 bridgehead atoms. The fourth-order valence-corrected chi connectivity index (χ4v) is 2.40. The van der Waals surface area contributed by atoms with Crippen LogP contribution in [0.2, 0.25) is 0 Å². The average molecular weight is 438 g/mol. The minimum Gasteiger partial charge on any atom is -0.460 e. The number of esters is 3. The maximum Gasteiger partial charge on any atom is 0.338 e. The summed E-state index contributed by atoms with van der Waals surface area (Å²) in [6.07, 6.45) is 0. The number of ether oxygens (including phenoxy) is 4. The summed E-state index contributed by atoms with van der Waals surface area (Å²) in [5, 5.41) is 0. The van der Waals surface area contributed by atoms with Crippen LogP contribution in [0.4, 0.5) is 0 Å². The molecule has 2 aromatic carbocycles. The van der Waals surface area contributed by atoms with Crippen molar-refractivity contribution in [3.8, 4) is 16.9 Å². The lowest BCUT2D eigenvalue weighted by atomic mass is 10.0. The predicted octanol–water partition coefficient (Wildman–Crippen LogP) is 4.13. The van der Waals surface area contributed by atoms with E-state index >= 15 is 0 Å². The monoisotopic (exact) mass is 438 g/mol. The van der Waals surface area contributed by atoms with Crippen LogP contribution in [0.15, 0.2) is 72.8 Å². The van der Waals surface area contributed by atoms with Crippen LogP contribution < -0.4 is 4.74 Å². The van der Waals surface area contributed by atoms with E-state index in [1.165, 1.54) is 0 Å². The van der Waals surface area contributed by atoms with Crippen LogP contribution in [0.5, 0.6) is 5.75 Å². The van der Waals surface area contributed by atoms with Gasteiger partial charge in [0.05, 0.1) is 18.8 Å². The fraction of sp³-hybridized carbons (Fsp3) is 0.240. The normalized spacial score (nSPS) is 10.2. The Morgan fingerprint density at radius 1 is 0.688 bits per heavy atom. The zero-order valence-corrected chi connectivity index (χ0v) is 18.2. The van der Waals surface area contributed by atoms with Gasteiger partial charge in [-0.15, -0.1) is 0 Å². The first-order valence-electron chi connectivity index (χ1n) is 9.93. The van der Waals surface area contributed by atoms with Gasteiger partial charge in [0.15, 0.2) is 0 Å². The van der Waals surface area contributed by atoms with Gasteiger partial charge in [-0.25, -0.2) is 14.4 Å². The molecule has 32 heavy (non-hydrogen) atoms. The Morgan fingerprint density at radius 3 is 1.72 bits per heavy atom. The van der Waals surface area contributed by atoms with Gasteiger partial charge in [-0.3, -0.25) is 0 Å². The van der Waals surface area contributed by atoms with Crippen molar-refractivity contribution >= 4 is 17.9 Å². The highest BCUT2D eigenvalue weighted by molar-refractivity contribution is 5.90. The van der Waals surface area contributed by atoms with E-state index in [-0.39, 0.29) is 26.4 Å². The second-order valence-corrected chi connectivity index (χ2v) is 6.94. The summed E-state index contributed by atoms with van der Waals surface area (Å²) in [6, 6.07) is 14.0. The van der Waals surface area contributed by atoms with Crippen LogP contribution in [-0.2, 0) is 23.8 Å². The van der Waals surface area contributed by atoms with Gasteiger partial charge >= 0.3 is 17.9 Å². The molecule has 0 radical (unpaired) electrons. The first-order chi connectivity index (χ1) is 15.3. The van der Waals surface area contributed by atoms with Crippen molar-refractivity contribution in [2.45, 2.75) is 13.8 Å². The third-order valence-corrected chi connectivity index (χ3v) is 4.14. The third kappa shape index (κ3) is 7.85. The van der Waals surface area contributed by atoms with Gasteiger partial charge in [0.25, 0.3) is 0 Å². The Bertz CT molecular complexity index is 972. The molecule has 0 fully saturated rings. The standard InChI is InChI=1S/C25H26O7/c1-17(2)23(26)30-15-13-29-14-16-31-25(28)21-7-5-19(6-8-21)20-9-11-22(12-10-20)32-24(27)18(3)4/h5-12H,1,3,13-16H2,2,4H3. The summed E-state index contributed by atoms with van der Waals surface area (Å²) in [5.41, 5.74) is 2.86. The lowest BCUT2D eigenvalue weighted by Gasteiger charge is -2.08. The van der Waals surface area contributed by atoms with Crippen LogP contribution >= 0.6 is 0 Å². The molecule has 7 heteroatoms. The van der Waals surface area contributed by atoms with E-state index in [9.17, 15) is 14.4 Å². The highest BCUT2D eigenvalue weighted by Crippen LogP contribution is 2.23. The predicted molar refractivity (Wildman–Crippen MR) is 119 cm³/mol. The molecule has 7 nitrogen and oxygen atoms in total. The molecule has 0 aliphatic heterocycles. The van der Waals surface area contributed by atoms with E-state index in [0.29, 0.717) is 22.5 Å². The third-order valence-electron chi connectivity index (χ3n) is 4.14.